The van der Waals surface area contributed by atoms with E-state index in [1.165, 1.54) is 6.07 Å². The number of aliphatic hydroxyl groups is 2. The van der Waals surface area contributed by atoms with Crippen LogP contribution in [0.15, 0.2) is 100 Å². The predicted octanol–water partition coefficient (Wildman–Crippen LogP) is 6.41. The summed E-state index contributed by atoms with van der Waals surface area (Å²) in [5, 5.41) is 23.9. The van der Waals surface area contributed by atoms with E-state index in [2.05, 4.69) is 30.4 Å². The molecule has 0 amide bonds. The van der Waals surface area contributed by atoms with Gasteiger partial charge in [-0.25, -0.2) is 4.79 Å². The van der Waals surface area contributed by atoms with Gasteiger partial charge in [0.2, 0.25) is 0 Å². The molecule has 0 saturated heterocycles. The molecule has 3 N–H and O–H groups in total. The molecule has 0 aliphatic carbocycles. The molecule has 5 rings (SSSR count). The molecule has 0 fully saturated rings. The van der Waals surface area contributed by atoms with Crippen molar-refractivity contribution in [2.75, 3.05) is 13.2 Å². The largest absolute Gasteiger partial charge is 0.488 e. The van der Waals surface area contributed by atoms with Crippen LogP contribution < -0.4 is 20.4 Å². The number of hydrogen-bond acceptors (Lipinski definition) is 7. The van der Waals surface area contributed by atoms with Crippen molar-refractivity contribution in [3.05, 3.63) is 129 Å². The molecule has 0 saturated carbocycles. The maximum atomic E-state index is 11.7. The smallest absolute Gasteiger partial charge is 0.336 e. The van der Waals surface area contributed by atoms with Gasteiger partial charge in [0.1, 0.15) is 30.3 Å². The van der Waals surface area contributed by atoms with Crippen LogP contribution in [0.2, 0.25) is 5.02 Å². The van der Waals surface area contributed by atoms with Crippen LogP contribution in [0.4, 0.5) is 0 Å². The molecule has 8 heteroatoms. The average Bonchev–Trinajstić information content (AvgIpc) is 3.03. The van der Waals surface area contributed by atoms with Gasteiger partial charge in [0.05, 0.1) is 23.8 Å². The van der Waals surface area contributed by atoms with Crippen LogP contribution in [0.3, 0.4) is 0 Å². The Bertz CT molecular complexity index is 1760. The van der Waals surface area contributed by atoms with Gasteiger partial charge < -0.3 is 29.4 Å². The van der Waals surface area contributed by atoms with Crippen LogP contribution in [-0.2, 0) is 19.8 Å². The van der Waals surface area contributed by atoms with E-state index >= 15 is 0 Å². The van der Waals surface area contributed by atoms with Crippen molar-refractivity contribution in [2.45, 2.75) is 39.1 Å². The summed E-state index contributed by atoms with van der Waals surface area (Å²) in [6.07, 6.45) is 0. The predicted molar refractivity (Wildman–Crippen MR) is 169 cm³/mol. The lowest BCUT2D eigenvalue weighted by Gasteiger charge is -2.27. The Labute approximate surface area is 255 Å². The van der Waals surface area contributed by atoms with Crippen molar-refractivity contribution in [2.24, 2.45) is 0 Å². The molecule has 1 heterocycles. The average molecular weight is 600 g/mol. The van der Waals surface area contributed by atoms with Gasteiger partial charge in [-0.15, -0.1) is 0 Å². The second-order valence-corrected chi connectivity index (χ2v) is 11.2. The Morgan fingerprint density at radius 1 is 0.837 bits per heavy atom. The number of rotatable bonds is 12. The summed E-state index contributed by atoms with van der Waals surface area (Å²) in [5.74, 6) is 0.982. The Hall–Kier alpha value is -4.14. The molecule has 7 nitrogen and oxygen atoms in total. The lowest BCUT2D eigenvalue weighted by molar-refractivity contribution is 0.103. The number of aliphatic hydroxyl groups excluding tert-OH is 2. The molecule has 1 aromatic heterocycles. The summed E-state index contributed by atoms with van der Waals surface area (Å²) in [6.45, 7) is 4.07. The van der Waals surface area contributed by atoms with E-state index in [4.69, 9.17) is 25.5 Å². The number of nitrogens with one attached hydrogen (secondary N) is 1. The van der Waals surface area contributed by atoms with Crippen molar-refractivity contribution in [3.63, 3.8) is 0 Å². The molecule has 0 bridgehead atoms. The molecule has 222 valence electrons. The molecular weight excluding hydrogens is 566 g/mol. The first-order valence-corrected chi connectivity index (χ1v) is 14.4. The zero-order valence-electron chi connectivity index (χ0n) is 24.1. The molecule has 0 aliphatic rings. The van der Waals surface area contributed by atoms with E-state index < -0.39 is 11.2 Å². The molecule has 0 atom stereocenters. The fraction of sp³-hybridized carbons (Fsp3) is 0.229. The number of fused-ring (bicyclic) bond motifs is 1. The maximum Gasteiger partial charge on any atom is 0.336 e. The van der Waals surface area contributed by atoms with Crippen molar-refractivity contribution in [3.8, 4) is 22.6 Å². The molecule has 0 spiro atoms. The highest BCUT2D eigenvalue weighted by atomic mass is 35.5. The Kier molecular flexibility index (Phi) is 9.48. The second kappa shape index (κ2) is 13.4. The minimum Gasteiger partial charge on any atom is -0.488 e. The lowest BCUT2D eigenvalue weighted by atomic mass is 9.97. The third-order valence-corrected chi connectivity index (χ3v) is 7.81. The fourth-order valence-electron chi connectivity index (χ4n) is 4.71. The molecule has 0 radical (unpaired) electrons. The third-order valence-electron chi connectivity index (χ3n) is 7.51. The minimum atomic E-state index is -0.893. The SMILES string of the molecule is Cc1c(COc2cc(OCc3ccc4ccc(=O)oc4c3)c(CNC(C)(CO)CO)cc2Cl)cccc1-c1ccccc1. The number of hydrogen-bond donors (Lipinski definition) is 3. The van der Waals surface area contributed by atoms with Crippen LogP contribution in [0.25, 0.3) is 22.1 Å². The molecule has 0 aliphatic heterocycles. The van der Waals surface area contributed by atoms with Crippen LogP contribution in [0, 0.1) is 6.92 Å². The quantitative estimate of drug-likeness (QED) is 0.142. The first kappa shape index (κ1) is 30.3. The fourth-order valence-corrected chi connectivity index (χ4v) is 4.95. The highest BCUT2D eigenvalue weighted by Crippen LogP contribution is 2.35. The van der Waals surface area contributed by atoms with Gasteiger partial charge in [-0.3, -0.25) is 0 Å². The number of benzene rings is 4. The van der Waals surface area contributed by atoms with Gasteiger partial charge in [0.15, 0.2) is 0 Å². The van der Waals surface area contributed by atoms with Gasteiger partial charge in [0.25, 0.3) is 0 Å². The first-order chi connectivity index (χ1) is 20.8. The van der Waals surface area contributed by atoms with Gasteiger partial charge >= 0.3 is 5.63 Å². The van der Waals surface area contributed by atoms with Gasteiger partial charge in [0, 0.05) is 29.6 Å². The summed E-state index contributed by atoms with van der Waals surface area (Å²) < 4.78 is 17.8. The highest BCUT2D eigenvalue weighted by molar-refractivity contribution is 6.32. The standard InChI is InChI=1S/C35H34ClNO6/c1-23-27(9-6-10-29(23)25-7-4-3-5-8-25)20-42-33-17-31(28(16-30(33)36)18-37-35(2,21-38)22-39)41-19-24-11-12-26-13-14-34(40)43-32(26)15-24/h3-17,37-39H,18-22H2,1-2H3. The van der Waals surface area contributed by atoms with Crippen molar-refractivity contribution >= 4 is 22.6 Å². The molecule has 5 aromatic rings. The van der Waals surface area contributed by atoms with Crippen LogP contribution in [-0.4, -0.2) is 29.0 Å². The zero-order valence-corrected chi connectivity index (χ0v) is 24.9. The van der Waals surface area contributed by atoms with E-state index in [1.54, 1.807) is 31.2 Å². The summed E-state index contributed by atoms with van der Waals surface area (Å²) in [4.78, 5) is 11.7. The molecule has 43 heavy (non-hydrogen) atoms. The molecule has 4 aromatic carbocycles. The molecular formula is C35H34ClNO6. The Morgan fingerprint density at radius 2 is 1.58 bits per heavy atom. The van der Waals surface area contributed by atoms with Crippen molar-refractivity contribution < 1.29 is 24.1 Å². The van der Waals surface area contributed by atoms with E-state index in [0.717, 1.165) is 38.8 Å². The number of halogens is 1. The highest BCUT2D eigenvalue weighted by Gasteiger charge is 2.23. The minimum absolute atomic E-state index is 0.193. The second-order valence-electron chi connectivity index (χ2n) is 10.8. The van der Waals surface area contributed by atoms with E-state index in [1.807, 2.05) is 42.5 Å². The summed E-state index contributed by atoms with van der Waals surface area (Å²) in [5.41, 5.74) is 5.13. The zero-order chi connectivity index (χ0) is 30.4. The van der Waals surface area contributed by atoms with Crippen LogP contribution >= 0.6 is 11.6 Å². The summed E-state index contributed by atoms with van der Waals surface area (Å²) >= 11 is 6.70. The number of ether oxygens (including phenoxy) is 2. The Balaban J connectivity index is 1.40. The first-order valence-electron chi connectivity index (χ1n) is 14.0. The van der Waals surface area contributed by atoms with E-state index in [9.17, 15) is 15.0 Å². The summed E-state index contributed by atoms with van der Waals surface area (Å²) in [6, 6.07) is 28.5. The van der Waals surface area contributed by atoms with Crippen LogP contribution in [0.1, 0.15) is 29.2 Å². The van der Waals surface area contributed by atoms with Crippen molar-refractivity contribution in [1.29, 1.82) is 0 Å². The Morgan fingerprint density at radius 3 is 2.35 bits per heavy atom. The monoisotopic (exact) mass is 599 g/mol. The topological polar surface area (TPSA) is 101 Å². The van der Waals surface area contributed by atoms with E-state index in [0.29, 0.717) is 28.7 Å². The van der Waals surface area contributed by atoms with Gasteiger partial charge in [-0.2, -0.15) is 0 Å². The maximum absolute atomic E-state index is 11.7. The van der Waals surface area contributed by atoms with E-state index in [-0.39, 0.29) is 26.4 Å². The van der Waals surface area contributed by atoms with Crippen molar-refractivity contribution in [1.82, 2.24) is 5.32 Å². The molecule has 0 unspecified atom stereocenters. The summed E-state index contributed by atoms with van der Waals surface area (Å²) in [7, 11) is 0. The van der Waals surface area contributed by atoms with Gasteiger partial charge in [-0.1, -0.05) is 72.3 Å². The van der Waals surface area contributed by atoms with Crippen LogP contribution in [0.5, 0.6) is 11.5 Å². The normalized spacial score (nSPS) is 11.6. The lowest BCUT2D eigenvalue weighted by Crippen LogP contribution is -2.48. The third kappa shape index (κ3) is 7.27. The van der Waals surface area contributed by atoms with Gasteiger partial charge in [-0.05, 0) is 59.9 Å².